The molecule has 0 spiro atoms. The molecule has 0 fully saturated rings. The number of aryl methyl sites for hydroxylation is 1. The first-order chi connectivity index (χ1) is 12.5. The van der Waals surface area contributed by atoms with Gasteiger partial charge in [-0.2, -0.15) is 0 Å². The molecule has 2 heterocycles. The lowest BCUT2D eigenvalue weighted by Crippen LogP contribution is -2.17. The van der Waals surface area contributed by atoms with Crippen molar-refractivity contribution in [1.29, 1.82) is 0 Å². The zero-order valence-electron chi connectivity index (χ0n) is 14.0. The Morgan fingerprint density at radius 3 is 2.69 bits per heavy atom. The van der Waals surface area contributed by atoms with Crippen LogP contribution in [-0.2, 0) is 4.79 Å². The van der Waals surface area contributed by atoms with Crippen LogP contribution < -0.4 is 15.6 Å². The largest absolute Gasteiger partial charge is 0.497 e. The van der Waals surface area contributed by atoms with Crippen molar-refractivity contribution in [2.45, 2.75) is 12.1 Å². The van der Waals surface area contributed by atoms with E-state index in [9.17, 15) is 9.59 Å². The highest BCUT2D eigenvalue weighted by atomic mass is 32.2. The second kappa shape index (κ2) is 7.83. The number of methoxy groups -OCH3 is 1. The molecule has 9 nitrogen and oxygen atoms in total. The van der Waals surface area contributed by atoms with Crippen molar-refractivity contribution < 1.29 is 14.1 Å². The summed E-state index contributed by atoms with van der Waals surface area (Å²) in [6, 6.07) is 8.51. The first kappa shape index (κ1) is 17.7. The van der Waals surface area contributed by atoms with E-state index in [0.29, 0.717) is 22.9 Å². The molecule has 0 radical (unpaired) electrons. The number of anilines is 1. The first-order valence-electron chi connectivity index (χ1n) is 7.52. The Bertz CT molecular complexity index is 967. The molecular formula is C16H15N5O4S. The molecule has 2 aromatic heterocycles. The van der Waals surface area contributed by atoms with Crippen LogP contribution in [0.4, 0.5) is 5.82 Å². The number of hydrogen-bond acceptors (Lipinski definition) is 8. The van der Waals surface area contributed by atoms with E-state index in [1.54, 1.807) is 44.4 Å². The molecule has 3 aromatic rings. The fraction of sp³-hybridized carbons (Fsp3) is 0.188. The molecule has 2 N–H and O–H groups in total. The monoisotopic (exact) mass is 373 g/mol. The van der Waals surface area contributed by atoms with E-state index in [4.69, 9.17) is 9.26 Å². The fourth-order valence-corrected chi connectivity index (χ4v) is 2.67. The number of rotatable bonds is 6. The van der Waals surface area contributed by atoms with E-state index in [2.05, 4.69) is 25.7 Å². The topological polar surface area (TPSA) is 123 Å². The quantitative estimate of drug-likeness (QED) is 0.628. The van der Waals surface area contributed by atoms with Crippen LogP contribution in [0.15, 0.2) is 44.8 Å². The van der Waals surface area contributed by atoms with E-state index in [-0.39, 0.29) is 28.1 Å². The number of nitrogens with one attached hydrogen (secondary N) is 2. The predicted octanol–water partition coefficient (Wildman–Crippen LogP) is 1.87. The third-order valence-corrected chi connectivity index (χ3v) is 4.14. The smallest absolute Gasteiger partial charge is 0.278 e. The highest BCUT2D eigenvalue weighted by Crippen LogP contribution is 2.18. The minimum absolute atomic E-state index is 0.0401. The summed E-state index contributed by atoms with van der Waals surface area (Å²) in [6.45, 7) is 1.72. The summed E-state index contributed by atoms with van der Waals surface area (Å²) in [5, 5.41) is 14.4. The lowest BCUT2D eigenvalue weighted by molar-refractivity contribution is -0.113. The highest BCUT2D eigenvalue weighted by molar-refractivity contribution is 7.99. The van der Waals surface area contributed by atoms with E-state index in [1.165, 1.54) is 0 Å². The minimum Gasteiger partial charge on any atom is -0.497 e. The summed E-state index contributed by atoms with van der Waals surface area (Å²) in [7, 11) is 1.56. The number of carbonyl (C=O) groups excluding carboxylic acids is 1. The van der Waals surface area contributed by atoms with Crippen LogP contribution in [-0.4, -0.2) is 39.1 Å². The van der Waals surface area contributed by atoms with Crippen molar-refractivity contribution in [2.24, 2.45) is 0 Å². The number of amides is 1. The van der Waals surface area contributed by atoms with Gasteiger partial charge in [0.25, 0.3) is 5.56 Å². The molecule has 0 saturated carbocycles. The summed E-state index contributed by atoms with van der Waals surface area (Å²) in [5.74, 6) is 1.35. The molecule has 0 aliphatic rings. The van der Waals surface area contributed by atoms with E-state index < -0.39 is 0 Å². The number of hydrogen-bond donors (Lipinski definition) is 2. The minimum atomic E-state index is -0.389. The van der Waals surface area contributed by atoms with Crippen LogP contribution >= 0.6 is 11.8 Å². The molecule has 0 aliphatic heterocycles. The maximum Gasteiger partial charge on any atom is 0.278 e. The third kappa shape index (κ3) is 4.28. The van der Waals surface area contributed by atoms with Gasteiger partial charge in [0.1, 0.15) is 11.5 Å². The standard InChI is InChI=1S/C16H15N5O4S/c1-9-7-12(21-25-9)17-13(22)8-26-16-18-15(23)14(19-20-16)10-3-5-11(24-2)6-4-10/h3-7H,8H2,1-2H3,(H,17,21,22)(H,18,20,23). The molecule has 0 bridgehead atoms. The van der Waals surface area contributed by atoms with Crippen molar-refractivity contribution in [3.05, 3.63) is 46.4 Å². The Labute approximate surface area is 152 Å². The Hall–Kier alpha value is -3.14. The van der Waals surface area contributed by atoms with E-state index in [1.807, 2.05) is 0 Å². The van der Waals surface area contributed by atoms with Crippen molar-refractivity contribution in [3.8, 4) is 17.0 Å². The lowest BCUT2D eigenvalue weighted by Gasteiger charge is -2.03. The van der Waals surface area contributed by atoms with Crippen LogP contribution in [0.3, 0.4) is 0 Å². The number of aromatic amines is 1. The predicted molar refractivity (Wildman–Crippen MR) is 95.2 cm³/mol. The van der Waals surface area contributed by atoms with Gasteiger partial charge in [0, 0.05) is 11.6 Å². The van der Waals surface area contributed by atoms with Crippen LogP contribution in [0.1, 0.15) is 5.76 Å². The molecule has 1 aromatic carbocycles. The van der Waals surface area contributed by atoms with Gasteiger partial charge >= 0.3 is 0 Å². The summed E-state index contributed by atoms with van der Waals surface area (Å²) in [4.78, 5) is 26.7. The molecule has 1 amide bonds. The number of nitrogens with zero attached hydrogens (tertiary/aromatic N) is 3. The van der Waals surface area contributed by atoms with Gasteiger partial charge < -0.3 is 14.6 Å². The highest BCUT2D eigenvalue weighted by Gasteiger charge is 2.11. The summed E-state index contributed by atoms with van der Waals surface area (Å²) in [5.41, 5.74) is 0.426. The second-order valence-corrected chi connectivity index (χ2v) is 6.16. The Balaban J connectivity index is 1.63. The molecule has 0 saturated heterocycles. The molecule has 3 rings (SSSR count). The molecule has 0 atom stereocenters. The van der Waals surface area contributed by atoms with E-state index in [0.717, 1.165) is 11.8 Å². The van der Waals surface area contributed by atoms with Gasteiger partial charge in [-0.05, 0) is 31.2 Å². The number of thioether (sulfide) groups is 1. The second-order valence-electron chi connectivity index (χ2n) is 5.20. The van der Waals surface area contributed by atoms with Gasteiger partial charge in [0.15, 0.2) is 16.7 Å². The molecule has 26 heavy (non-hydrogen) atoms. The summed E-state index contributed by atoms with van der Waals surface area (Å²) in [6.07, 6.45) is 0. The normalized spacial score (nSPS) is 10.5. The van der Waals surface area contributed by atoms with Crippen molar-refractivity contribution in [1.82, 2.24) is 20.3 Å². The number of carbonyl (C=O) groups is 1. The van der Waals surface area contributed by atoms with Gasteiger partial charge in [-0.1, -0.05) is 16.9 Å². The SMILES string of the molecule is COc1ccc(-c2nnc(SCC(=O)Nc3cc(C)on3)[nH]c2=O)cc1. The van der Waals surface area contributed by atoms with Crippen molar-refractivity contribution >= 4 is 23.5 Å². The van der Waals surface area contributed by atoms with Crippen LogP contribution in [0.25, 0.3) is 11.3 Å². The number of benzene rings is 1. The van der Waals surface area contributed by atoms with Gasteiger partial charge in [0.2, 0.25) is 5.91 Å². The summed E-state index contributed by atoms with van der Waals surface area (Å²) >= 11 is 1.06. The molecule has 134 valence electrons. The van der Waals surface area contributed by atoms with Crippen molar-refractivity contribution in [2.75, 3.05) is 18.2 Å². The van der Waals surface area contributed by atoms with Gasteiger partial charge in [0.05, 0.1) is 12.9 Å². The molecule has 10 heteroatoms. The number of H-pyrrole nitrogens is 1. The Morgan fingerprint density at radius 1 is 1.31 bits per heavy atom. The third-order valence-electron chi connectivity index (χ3n) is 3.28. The first-order valence-corrected chi connectivity index (χ1v) is 8.51. The lowest BCUT2D eigenvalue weighted by atomic mass is 10.1. The zero-order chi connectivity index (χ0) is 18.5. The van der Waals surface area contributed by atoms with Crippen LogP contribution in [0, 0.1) is 6.92 Å². The number of aromatic nitrogens is 4. The van der Waals surface area contributed by atoms with E-state index >= 15 is 0 Å². The molecule has 0 aliphatic carbocycles. The van der Waals surface area contributed by atoms with Gasteiger partial charge in [-0.3, -0.25) is 14.6 Å². The van der Waals surface area contributed by atoms with Gasteiger partial charge in [-0.15, -0.1) is 10.2 Å². The molecular weight excluding hydrogens is 358 g/mol. The van der Waals surface area contributed by atoms with Crippen LogP contribution in [0.2, 0.25) is 0 Å². The Morgan fingerprint density at radius 2 is 2.08 bits per heavy atom. The maximum absolute atomic E-state index is 12.2. The average Bonchev–Trinajstić information content (AvgIpc) is 3.05. The van der Waals surface area contributed by atoms with Gasteiger partial charge in [-0.25, -0.2) is 0 Å². The zero-order valence-corrected chi connectivity index (χ0v) is 14.8. The fourth-order valence-electron chi connectivity index (χ4n) is 2.06. The Kier molecular flexibility index (Phi) is 5.32. The summed E-state index contributed by atoms with van der Waals surface area (Å²) < 4.78 is 9.94. The van der Waals surface area contributed by atoms with Crippen molar-refractivity contribution in [3.63, 3.8) is 0 Å². The average molecular weight is 373 g/mol. The van der Waals surface area contributed by atoms with Crippen LogP contribution in [0.5, 0.6) is 5.75 Å². The maximum atomic E-state index is 12.2. The molecule has 0 unspecified atom stereocenters. The number of ether oxygens (including phenoxy) is 1.